The number of hydrogen-bond donors (Lipinski definition) is 1. The van der Waals surface area contributed by atoms with Crippen LogP contribution >= 0.6 is 0 Å². The Morgan fingerprint density at radius 3 is 2.88 bits per heavy atom. The van der Waals surface area contributed by atoms with Crippen molar-refractivity contribution < 1.29 is 4.74 Å². The molecule has 94 valence electrons. The molecule has 1 atom stereocenters. The van der Waals surface area contributed by atoms with Crippen LogP contribution in [-0.2, 0) is 4.74 Å². The summed E-state index contributed by atoms with van der Waals surface area (Å²) < 4.78 is 5.96. The minimum atomic E-state index is 0.0537. The highest BCUT2D eigenvalue weighted by Gasteiger charge is 2.34. The molecular formula is C13H21N3O. The van der Waals surface area contributed by atoms with Crippen LogP contribution in [0, 0.1) is 0 Å². The van der Waals surface area contributed by atoms with E-state index in [1.165, 1.54) is 0 Å². The quantitative estimate of drug-likeness (QED) is 0.871. The number of ether oxygens (including phenoxy) is 1. The van der Waals surface area contributed by atoms with Crippen molar-refractivity contribution in [1.82, 2.24) is 9.97 Å². The molecular weight excluding hydrogens is 214 g/mol. The van der Waals surface area contributed by atoms with E-state index in [2.05, 4.69) is 29.1 Å². The van der Waals surface area contributed by atoms with E-state index >= 15 is 0 Å². The largest absolute Gasteiger partial charge is 0.375 e. The Morgan fingerprint density at radius 2 is 2.24 bits per heavy atom. The molecule has 0 aliphatic carbocycles. The van der Waals surface area contributed by atoms with E-state index in [4.69, 9.17) is 4.74 Å². The molecule has 1 saturated heterocycles. The van der Waals surface area contributed by atoms with Crippen LogP contribution in [0.1, 0.15) is 39.5 Å². The summed E-state index contributed by atoms with van der Waals surface area (Å²) in [6, 6.07) is 0.445. The van der Waals surface area contributed by atoms with Crippen LogP contribution in [0.25, 0.3) is 0 Å². The first-order valence-corrected chi connectivity index (χ1v) is 6.44. The van der Waals surface area contributed by atoms with Crippen molar-refractivity contribution in [1.29, 1.82) is 0 Å². The first-order valence-electron chi connectivity index (χ1n) is 6.44. The number of aromatic nitrogens is 2. The summed E-state index contributed by atoms with van der Waals surface area (Å²) in [5, 5.41) is 3.45. The maximum absolute atomic E-state index is 5.96. The fraction of sp³-hybridized carbons (Fsp3) is 0.692. The third kappa shape index (κ3) is 2.94. The predicted octanol–water partition coefficient (Wildman–Crippen LogP) is 2.63. The molecule has 1 aromatic heterocycles. The molecule has 0 aromatic carbocycles. The lowest BCUT2D eigenvalue weighted by atomic mass is 9.86. The van der Waals surface area contributed by atoms with E-state index in [-0.39, 0.29) is 5.60 Å². The average molecular weight is 235 g/mol. The Kier molecular flexibility index (Phi) is 3.94. The van der Waals surface area contributed by atoms with Gasteiger partial charge in [-0.2, -0.15) is 0 Å². The molecule has 1 unspecified atom stereocenters. The second-order valence-electron chi connectivity index (χ2n) is 4.66. The van der Waals surface area contributed by atoms with Gasteiger partial charge in [-0.25, -0.2) is 4.98 Å². The molecule has 1 N–H and O–H groups in total. The fourth-order valence-electron chi connectivity index (χ4n) is 2.48. The van der Waals surface area contributed by atoms with E-state index < -0.39 is 0 Å². The summed E-state index contributed by atoms with van der Waals surface area (Å²) in [6.07, 6.45) is 9.42. The van der Waals surface area contributed by atoms with Crippen molar-refractivity contribution in [3.63, 3.8) is 0 Å². The van der Waals surface area contributed by atoms with Gasteiger partial charge >= 0.3 is 0 Å². The van der Waals surface area contributed by atoms with Gasteiger partial charge in [0.25, 0.3) is 0 Å². The highest BCUT2D eigenvalue weighted by atomic mass is 16.5. The maximum Gasteiger partial charge on any atom is 0.144 e. The van der Waals surface area contributed by atoms with Crippen molar-refractivity contribution in [3.8, 4) is 0 Å². The van der Waals surface area contributed by atoms with Gasteiger partial charge in [0.1, 0.15) is 5.82 Å². The van der Waals surface area contributed by atoms with Gasteiger partial charge in [-0.05, 0) is 25.7 Å². The molecule has 1 aliphatic heterocycles. The number of rotatable bonds is 4. The Balaban J connectivity index is 1.98. The zero-order valence-corrected chi connectivity index (χ0v) is 10.6. The Labute approximate surface area is 103 Å². The van der Waals surface area contributed by atoms with E-state index in [9.17, 15) is 0 Å². The van der Waals surface area contributed by atoms with Crippen LogP contribution in [0.2, 0.25) is 0 Å². The van der Waals surface area contributed by atoms with Crippen LogP contribution in [-0.4, -0.2) is 28.2 Å². The van der Waals surface area contributed by atoms with Gasteiger partial charge in [-0.1, -0.05) is 13.8 Å². The fourth-order valence-corrected chi connectivity index (χ4v) is 2.48. The number of nitrogens with zero attached hydrogens (tertiary/aromatic N) is 2. The van der Waals surface area contributed by atoms with Crippen LogP contribution in [0.3, 0.4) is 0 Å². The van der Waals surface area contributed by atoms with E-state index in [1.54, 1.807) is 18.6 Å². The SMILES string of the molecule is CCC1(CC)CC(Nc2cnccn2)CCO1. The first-order chi connectivity index (χ1) is 8.28. The summed E-state index contributed by atoms with van der Waals surface area (Å²) in [5.74, 6) is 0.862. The molecule has 0 saturated carbocycles. The minimum Gasteiger partial charge on any atom is -0.375 e. The molecule has 0 amide bonds. The lowest BCUT2D eigenvalue weighted by Crippen LogP contribution is -2.43. The maximum atomic E-state index is 5.96. The molecule has 4 nitrogen and oxygen atoms in total. The van der Waals surface area contributed by atoms with E-state index in [0.717, 1.165) is 38.1 Å². The van der Waals surface area contributed by atoms with Crippen molar-refractivity contribution in [2.45, 2.75) is 51.2 Å². The third-order valence-electron chi connectivity index (χ3n) is 3.70. The summed E-state index contributed by atoms with van der Waals surface area (Å²) in [6.45, 7) is 5.24. The van der Waals surface area contributed by atoms with Gasteiger partial charge in [0.15, 0.2) is 0 Å². The van der Waals surface area contributed by atoms with Crippen molar-refractivity contribution in [2.75, 3.05) is 11.9 Å². The summed E-state index contributed by atoms with van der Waals surface area (Å²) in [5.41, 5.74) is 0.0537. The molecule has 4 heteroatoms. The highest BCUT2D eigenvalue weighted by molar-refractivity contribution is 5.31. The molecule has 1 aromatic rings. The highest BCUT2D eigenvalue weighted by Crippen LogP contribution is 2.32. The first kappa shape index (κ1) is 12.3. The zero-order valence-electron chi connectivity index (χ0n) is 10.6. The smallest absolute Gasteiger partial charge is 0.144 e. The molecule has 17 heavy (non-hydrogen) atoms. The van der Waals surface area contributed by atoms with Gasteiger partial charge in [0.05, 0.1) is 11.8 Å². The minimum absolute atomic E-state index is 0.0537. The summed E-state index contributed by atoms with van der Waals surface area (Å²) >= 11 is 0. The van der Waals surface area contributed by atoms with Crippen molar-refractivity contribution in [2.24, 2.45) is 0 Å². The Hall–Kier alpha value is -1.16. The topological polar surface area (TPSA) is 47.0 Å². The molecule has 2 rings (SSSR count). The molecule has 1 aliphatic rings. The molecule has 0 bridgehead atoms. The molecule has 0 radical (unpaired) electrons. The predicted molar refractivity (Wildman–Crippen MR) is 67.9 cm³/mol. The van der Waals surface area contributed by atoms with Crippen LogP contribution in [0.4, 0.5) is 5.82 Å². The second-order valence-corrected chi connectivity index (χ2v) is 4.66. The van der Waals surface area contributed by atoms with Crippen LogP contribution in [0.15, 0.2) is 18.6 Å². The summed E-state index contributed by atoms with van der Waals surface area (Å²) in [4.78, 5) is 8.33. The Bertz CT molecular complexity index is 338. The second kappa shape index (κ2) is 5.45. The average Bonchev–Trinajstić information content (AvgIpc) is 2.40. The normalized spacial score (nSPS) is 23.3. The third-order valence-corrected chi connectivity index (χ3v) is 3.70. The van der Waals surface area contributed by atoms with E-state index in [1.807, 2.05) is 0 Å². The zero-order chi connectivity index (χ0) is 12.1. The van der Waals surface area contributed by atoms with Gasteiger partial charge < -0.3 is 10.1 Å². The Morgan fingerprint density at radius 1 is 1.41 bits per heavy atom. The van der Waals surface area contributed by atoms with Gasteiger partial charge in [0.2, 0.25) is 0 Å². The van der Waals surface area contributed by atoms with Gasteiger partial charge in [-0.3, -0.25) is 4.98 Å². The van der Waals surface area contributed by atoms with Crippen molar-refractivity contribution in [3.05, 3.63) is 18.6 Å². The number of anilines is 1. The van der Waals surface area contributed by atoms with Crippen LogP contribution in [0.5, 0.6) is 0 Å². The lowest BCUT2D eigenvalue weighted by molar-refractivity contribution is -0.0864. The standard InChI is InChI=1S/C13H21N3O/c1-3-13(4-2)9-11(5-8-17-13)16-12-10-14-6-7-15-12/h6-7,10-11H,3-5,8-9H2,1-2H3,(H,15,16). The monoisotopic (exact) mass is 235 g/mol. The van der Waals surface area contributed by atoms with Gasteiger partial charge in [0, 0.05) is 25.0 Å². The molecule has 2 heterocycles. The van der Waals surface area contributed by atoms with Gasteiger partial charge in [-0.15, -0.1) is 0 Å². The number of hydrogen-bond acceptors (Lipinski definition) is 4. The van der Waals surface area contributed by atoms with Crippen molar-refractivity contribution >= 4 is 5.82 Å². The number of nitrogens with one attached hydrogen (secondary N) is 1. The lowest BCUT2D eigenvalue weighted by Gasteiger charge is -2.40. The molecule has 1 fully saturated rings. The van der Waals surface area contributed by atoms with Crippen LogP contribution < -0.4 is 5.32 Å². The summed E-state index contributed by atoms with van der Waals surface area (Å²) in [7, 11) is 0. The van der Waals surface area contributed by atoms with E-state index in [0.29, 0.717) is 6.04 Å². The molecule has 0 spiro atoms.